The van der Waals surface area contributed by atoms with E-state index in [2.05, 4.69) is 9.62 Å². The summed E-state index contributed by atoms with van der Waals surface area (Å²) in [5.74, 6) is 1.45. The number of nitrogens with one attached hydrogen (secondary N) is 1. The van der Waals surface area contributed by atoms with Gasteiger partial charge in [0.25, 0.3) is 0 Å². The van der Waals surface area contributed by atoms with Gasteiger partial charge in [-0.25, -0.2) is 13.1 Å². The number of ether oxygens (including phenoxy) is 2. The molecular formula is C22H24ClF3N2O4S. The molecule has 2 aromatic rings. The Hall–Kier alpha value is -2.01. The minimum atomic E-state index is -4.51. The number of sulfonamides is 1. The Kier molecular flexibility index (Phi) is 7.09. The molecule has 2 aromatic carbocycles. The van der Waals surface area contributed by atoms with Crippen LogP contribution in [-0.4, -0.2) is 52.2 Å². The van der Waals surface area contributed by atoms with Gasteiger partial charge in [-0.1, -0.05) is 11.6 Å². The van der Waals surface area contributed by atoms with Crippen LogP contribution < -0.4 is 14.2 Å². The monoisotopic (exact) mass is 504 g/mol. The Morgan fingerprint density at radius 1 is 1.06 bits per heavy atom. The molecule has 2 aliphatic rings. The molecule has 11 heteroatoms. The molecule has 1 fully saturated rings. The van der Waals surface area contributed by atoms with E-state index >= 15 is 0 Å². The highest BCUT2D eigenvalue weighted by Gasteiger charge is 2.31. The van der Waals surface area contributed by atoms with Crippen LogP contribution in [0, 0.1) is 5.92 Å². The SMILES string of the molecule is O=S(=O)(NCC1CCN(CC2COc3ccc(Cl)cc3O2)CC1)c1ccc(C(F)(F)F)cc1. The third-order valence-electron chi connectivity index (χ3n) is 5.85. The number of nitrogens with zero attached hydrogens (tertiary/aromatic N) is 1. The summed E-state index contributed by atoms with van der Waals surface area (Å²) < 4.78 is 77.2. The zero-order valence-electron chi connectivity index (χ0n) is 17.6. The van der Waals surface area contributed by atoms with Crippen LogP contribution in [-0.2, 0) is 16.2 Å². The molecule has 4 rings (SSSR count). The van der Waals surface area contributed by atoms with E-state index in [1.807, 2.05) is 0 Å². The molecule has 1 atom stereocenters. The Balaban J connectivity index is 1.23. The fourth-order valence-corrected chi connectivity index (χ4v) is 5.25. The molecule has 6 nitrogen and oxygen atoms in total. The van der Waals surface area contributed by atoms with E-state index in [0.717, 1.165) is 50.2 Å². The molecule has 0 aromatic heterocycles. The van der Waals surface area contributed by atoms with Gasteiger partial charge in [-0.15, -0.1) is 0 Å². The lowest BCUT2D eigenvalue weighted by atomic mass is 9.97. The smallest absolute Gasteiger partial charge is 0.416 e. The van der Waals surface area contributed by atoms with Gasteiger partial charge >= 0.3 is 6.18 Å². The van der Waals surface area contributed by atoms with Gasteiger partial charge in [0.2, 0.25) is 10.0 Å². The summed E-state index contributed by atoms with van der Waals surface area (Å²) in [5.41, 5.74) is -0.882. The maximum absolute atomic E-state index is 12.7. The second kappa shape index (κ2) is 9.69. The number of rotatable bonds is 6. The molecule has 2 heterocycles. The molecule has 0 spiro atoms. The van der Waals surface area contributed by atoms with E-state index in [9.17, 15) is 21.6 Å². The molecule has 0 aliphatic carbocycles. The highest BCUT2D eigenvalue weighted by atomic mass is 35.5. The normalized spacial score (nSPS) is 20.1. The predicted molar refractivity (Wildman–Crippen MR) is 117 cm³/mol. The second-order valence-corrected chi connectivity index (χ2v) is 10.5. The van der Waals surface area contributed by atoms with Gasteiger partial charge in [0.1, 0.15) is 12.7 Å². The van der Waals surface area contributed by atoms with Crippen molar-refractivity contribution in [3.05, 3.63) is 53.1 Å². The third-order valence-corrected chi connectivity index (χ3v) is 7.52. The van der Waals surface area contributed by atoms with Crippen molar-refractivity contribution in [3.63, 3.8) is 0 Å². The molecule has 1 N–H and O–H groups in total. The number of alkyl halides is 3. The van der Waals surface area contributed by atoms with Crippen molar-refractivity contribution in [3.8, 4) is 11.5 Å². The van der Waals surface area contributed by atoms with Crippen molar-refractivity contribution < 1.29 is 31.1 Å². The lowest BCUT2D eigenvalue weighted by Gasteiger charge is -2.35. The average molecular weight is 505 g/mol. The van der Waals surface area contributed by atoms with Crippen LogP contribution in [0.5, 0.6) is 11.5 Å². The number of benzene rings is 2. The summed E-state index contributed by atoms with van der Waals surface area (Å²) >= 11 is 6.02. The first kappa shape index (κ1) is 24.1. The Labute approximate surface area is 195 Å². The van der Waals surface area contributed by atoms with E-state index in [4.69, 9.17) is 21.1 Å². The molecule has 180 valence electrons. The fourth-order valence-electron chi connectivity index (χ4n) is 3.97. The van der Waals surface area contributed by atoms with Crippen molar-refractivity contribution in [2.75, 3.05) is 32.8 Å². The Morgan fingerprint density at radius 3 is 2.42 bits per heavy atom. The van der Waals surface area contributed by atoms with Crippen molar-refractivity contribution in [1.82, 2.24) is 9.62 Å². The maximum atomic E-state index is 12.7. The quantitative estimate of drug-likeness (QED) is 0.639. The van der Waals surface area contributed by atoms with Gasteiger partial charge in [-0.3, -0.25) is 4.90 Å². The van der Waals surface area contributed by atoms with E-state index in [1.54, 1.807) is 18.2 Å². The van der Waals surface area contributed by atoms with Crippen molar-refractivity contribution >= 4 is 21.6 Å². The highest BCUT2D eigenvalue weighted by Crippen LogP contribution is 2.34. The average Bonchev–Trinajstić information content (AvgIpc) is 2.78. The van der Waals surface area contributed by atoms with Crippen LogP contribution >= 0.6 is 11.6 Å². The van der Waals surface area contributed by atoms with Crippen LogP contribution in [0.15, 0.2) is 47.4 Å². The molecule has 0 saturated carbocycles. The van der Waals surface area contributed by atoms with E-state index in [1.165, 1.54) is 0 Å². The molecule has 0 radical (unpaired) electrons. The zero-order chi connectivity index (χ0) is 23.6. The van der Waals surface area contributed by atoms with Gasteiger partial charge in [0, 0.05) is 24.2 Å². The number of hydrogen-bond acceptors (Lipinski definition) is 5. The van der Waals surface area contributed by atoms with Crippen molar-refractivity contribution in [1.29, 1.82) is 0 Å². The van der Waals surface area contributed by atoms with Crippen molar-refractivity contribution in [2.24, 2.45) is 5.92 Å². The fraction of sp³-hybridized carbons (Fsp3) is 0.455. The van der Waals surface area contributed by atoms with E-state index in [0.29, 0.717) is 29.7 Å². The van der Waals surface area contributed by atoms with Crippen LogP contribution in [0.2, 0.25) is 5.02 Å². The largest absolute Gasteiger partial charge is 0.486 e. The summed E-state index contributed by atoms with van der Waals surface area (Å²) in [5, 5.41) is 0.581. The Morgan fingerprint density at radius 2 is 1.76 bits per heavy atom. The summed E-state index contributed by atoms with van der Waals surface area (Å²) in [6, 6.07) is 8.77. The lowest BCUT2D eigenvalue weighted by molar-refractivity contribution is -0.137. The van der Waals surface area contributed by atoms with Gasteiger partial charge in [0.05, 0.1) is 10.5 Å². The van der Waals surface area contributed by atoms with Gasteiger partial charge < -0.3 is 9.47 Å². The van der Waals surface area contributed by atoms with Gasteiger partial charge in [-0.2, -0.15) is 13.2 Å². The second-order valence-electron chi connectivity index (χ2n) is 8.26. The van der Waals surface area contributed by atoms with Crippen LogP contribution in [0.3, 0.4) is 0 Å². The molecular weight excluding hydrogens is 481 g/mol. The van der Waals surface area contributed by atoms with Gasteiger partial charge in [-0.05, 0) is 68.2 Å². The lowest BCUT2D eigenvalue weighted by Crippen LogP contribution is -2.45. The molecule has 0 bridgehead atoms. The number of hydrogen-bond donors (Lipinski definition) is 1. The molecule has 0 amide bonds. The Bertz CT molecular complexity index is 1070. The number of halogens is 4. The first-order valence-electron chi connectivity index (χ1n) is 10.6. The highest BCUT2D eigenvalue weighted by molar-refractivity contribution is 7.89. The molecule has 33 heavy (non-hydrogen) atoms. The summed E-state index contributed by atoms with van der Waals surface area (Å²) in [6.45, 7) is 2.95. The van der Waals surface area contributed by atoms with Crippen molar-refractivity contribution in [2.45, 2.75) is 30.0 Å². The van der Waals surface area contributed by atoms with Crippen LogP contribution in [0.1, 0.15) is 18.4 Å². The minimum absolute atomic E-state index is 0.120. The first-order chi connectivity index (χ1) is 15.6. The predicted octanol–water partition coefficient (Wildman–Crippen LogP) is 4.19. The standard InChI is InChI=1S/C22H24ClF3N2O4S/c23-17-3-6-20-21(11-17)32-18(14-31-20)13-28-9-7-15(8-10-28)12-27-33(29,30)19-4-1-16(2-5-19)22(24,25)26/h1-6,11,15,18,27H,7-10,12-14H2. The summed E-state index contributed by atoms with van der Waals surface area (Å²) in [4.78, 5) is 2.08. The summed E-state index contributed by atoms with van der Waals surface area (Å²) in [6.07, 6.45) is -3.03. The number of fused-ring (bicyclic) bond motifs is 1. The maximum Gasteiger partial charge on any atom is 0.416 e. The van der Waals surface area contributed by atoms with Crippen LogP contribution in [0.4, 0.5) is 13.2 Å². The first-order valence-corrected chi connectivity index (χ1v) is 12.4. The van der Waals surface area contributed by atoms with E-state index in [-0.39, 0.29) is 23.5 Å². The topological polar surface area (TPSA) is 67.9 Å². The number of piperidine rings is 1. The number of likely N-dealkylation sites (tertiary alicyclic amines) is 1. The van der Waals surface area contributed by atoms with E-state index < -0.39 is 21.8 Å². The summed E-state index contributed by atoms with van der Waals surface area (Å²) in [7, 11) is -3.87. The van der Waals surface area contributed by atoms with Gasteiger partial charge in [0.15, 0.2) is 11.5 Å². The minimum Gasteiger partial charge on any atom is -0.486 e. The zero-order valence-corrected chi connectivity index (χ0v) is 19.2. The van der Waals surface area contributed by atoms with Crippen LogP contribution in [0.25, 0.3) is 0 Å². The molecule has 1 saturated heterocycles. The molecule has 2 aliphatic heterocycles. The third kappa shape index (κ3) is 6.11. The molecule has 1 unspecified atom stereocenters.